The van der Waals surface area contributed by atoms with Gasteiger partial charge < -0.3 is 43.8 Å². The lowest BCUT2D eigenvalue weighted by molar-refractivity contribution is -0.115. The Morgan fingerprint density at radius 3 is 1.44 bits per heavy atom. The van der Waals surface area contributed by atoms with E-state index in [9.17, 15) is 9.59 Å². The molecule has 0 aliphatic rings. The van der Waals surface area contributed by atoms with Crippen LogP contribution in [0.4, 0.5) is 11.4 Å². The number of rotatable bonds is 16. The maximum absolute atomic E-state index is 12.2. The third-order valence-corrected chi connectivity index (χ3v) is 6.21. The highest BCUT2D eigenvalue weighted by Gasteiger charge is 2.22. The van der Waals surface area contributed by atoms with E-state index in [0.717, 1.165) is 10.8 Å². The number of methoxy groups -OCH3 is 2. The van der Waals surface area contributed by atoms with Crippen LogP contribution in [0.2, 0.25) is 0 Å². The number of amides is 2. The summed E-state index contributed by atoms with van der Waals surface area (Å²) in [5.74, 6) is 0.851. The molecular formula is C32H36N2O9. The first-order valence-electron chi connectivity index (χ1n) is 13.7. The number of fused-ring (bicyclic) bond motifs is 2. The van der Waals surface area contributed by atoms with E-state index >= 15 is 0 Å². The second-order valence-electron chi connectivity index (χ2n) is 9.38. The van der Waals surface area contributed by atoms with Gasteiger partial charge in [0, 0.05) is 28.1 Å². The van der Waals surface area contributed by atoms with Gasteiger partial charge in [0.05, 0.1) is 48.6 Å². The summed E-state index contributed by atoms with van der Waals surface area (Å²) >= 11 is 0. The summed E-state index contributed by atoms with van der Waals surface area (Å²) in [5, 5.41) is 8.56. The Hall–Kier alpha value is -4.42. The Bertz CT molecular complexity index is 1440. The van der Waals surface area contributed by atoms with E-state index < -0.39 is 0 Å². The molecule has 0 aliphatic heterocycles. The fourth-order valence-corrected chi connectivity index (χ4v) is 4.39. The SMILES string of the molecule is COCCOCOc1ccc2cccc(NC(C)=O)c2c1Oc1c(OCOCCOC)ccc2cccc(NC(C)=O)c12. The van der Waals surface area contributed by atoms with Gasteiger partial charge in [-0.05, 0) is 35.0 Å². The van der Waals surface area contributed by atoms with Gasteiger partial charge in [0.2, 0.25) is 11.8 Å². The first-order valence-corrected chi connectivity index (χ1v) is 13.7. The molecule has 43 heavy (non-hydrogen) atoms. The predicted octanol–water partition coefficient (Wildman–Crippen LogP) is 5.70. The van der Waals surface area contributed by atoms with E-state index in [1.807, 2.05) is 36.4 Å². The van der Waals surface area contributed by atoms with Crippen LogP contribution >= 0.6 is 0 Å². The highest BCUT2D eigenvalue weighted by molar-refractivity contribution is 6.08. The van der Waals surface area contributed by atoms with E-state index in [-0.39, 0.29) is 25.4 Å². The third-order valence-electron chi connectivity index (χ3n) is 6.21. The van der Waals surface area contributed by atoms with Gasteiger partial charge in [-0.25, -0.2) is 0 Å². The minimum Gasteiger partial charge on any atom is -0.464 e. The Morgan fingerprint density at radius 2 is 1.05 bits per heavy atom. The Kier molecular flexibility index (Phi) is 11.5. The van der Waals surface area contributed by atoms with Crippen molar-refractivity contribution in [2.45, 2.75) is 13.8 Å². The Balaban J connectivity index is 1.88. The van der Waals surface area contributed by atoms with Crippen molar-refractivity contribution in [3.8, 4) is 23.0 Å². The molecule has 2 amide bonds. The number of nitrogens with one attached hydrogen (secondary N) is 2. The molecule has 0 saturated heterocycles. The van der Waals surface area contributed by atoms with E-state index in [1.54, 1.807) is 38.5 Å². The lowest BCUT2D eigenvalue weighted by Crippen LogP contribution is -2.10. The molecule has 4 aromatic rings. The zero-order valence-electron chi connectivity index (χ0n) is 24.7. The molecule has 0 saturated carbocycles. The molecule has 0 spiro atoms. The molecule has 2 N–H and O–H groups in total. The highest BCUT2D eigenvalue weighted by atomic mass is 16.7. The molecule has 0 atom stereocenters. The van der Waals surface area contributed by atoms with Gasteiger partial charge in [-0.2, -0.15) is 0 Å². The predicted molar refractivity (Wildman–Crippen MR) is 163 cm³/mol. The van der Waals surface area contributed by atoms with Crippen LogP contribution in [-0.4, -0.2) is 66.0 Å². The van der Waals surface area contributed by atoms with Crippen molar-refractivity contribution in [1.29, 1.82) is 0 Å². The average Bonchev–Trinajstić information content (AvgIpc) is 2.98. The number of hydrogen-bond donors (Lipinski definition) is 2. The van der Waals surface area contributed by atoms with E-state index in [4.69, 9.17) is 33.2 Å². The van der Waals surface area contributed by atoms with Gasteiger partial charge in [0.15, 0.2) is 36.6 Å². The van der Waals surface area contributed by atoms with Gasteiger partial charge in [-0.3, -0.25) is 9.59 Å². The zero-order valence-corrected chi connectivity index (χ0v) is 24.7. The number of hydrogen-bond acceptors (Lipinski definition) is 9. The van der Waals surface area contributed by atoms with Gasteiger partial charge in [-0.1, -0.05) is 36.4 Å². The molecule has 4 aromatic carbocycles. The summed E-state index contributed by atoms with van der Waals surface area (Å²) in [6, 6.07) is 18.3. The number of carbonyl (C=O) groups is 2. The summed E-state index contributed by atoms with van der Waals surface area (Å²) in [6.07, 6.45) is 0. The van der Waals surface area contributed by atoms with E-state index in [2.05, 4.69) is 10.6 Å². The van der Waals surface area contributed by atoms with E-state index in [1.165, 1.54) is 13.8 Å². The maximum atomic E-state index is 12.2. The van der Waals surface area contributed by atoms with Gasteiger partial charge >= 0.3 is 0 Å². The molecule has 11 nitrogen and oxygen atoms in total. The smallest absolute Gasteiger partial charge is 0.221 e. The molecule has 0 heterocycles. The van der Waals surface area contributed by atoms with Crippen molar-refractivity contribution in [1.82, 2.24) is 0 Å². The summed E-state index contributed by atoms with van der Waals surface area (Å²) in [4.78, 5) is 24.3. The Morgan fingerprint density at radius 1 is 0.605 bits per heavy atom. The normalized spacial score (nSPS) is 11.0. The number of ether oxygens (including phenoxy) is 7. The molecule has 0 fully saturated rings. The number of carbonyl (C=O) groups excluding carboxylic acids is 2. The molecule has 0 aromatic heterocycles. The van der Waals surface area contributed by atoms with Crippen LogP contribution in [0.5, 0.6) is 23.0 Å². The lowest BCUT2D eigenvalue weighted by atomic mass is 10.0. The fourth-order valence-electron chi connectivity index (χ4n) is 4.39. The molecule has 0 unspecified atom stereocenters. The van der Waals surface area contributed by atoms with Crippen LogP contribution in [0.15, 0.2) is 60.7 Å². The molecule has 0 bridgehead atoms. The van der Waals surface area contributed by atoms with Crippen LogP contribution in [-0.2, 0) is 28.5 Å². The zero-order chi connectivity index (χ0) is 30.6. The van der Waals surface area contributed by atoms with Crippen molar-refractivity contribution in [3.63, 3.8) is 0 Å². The topological polar surface area (TPSA) is 123 Å². The monoisotopic (exact) mass is 592 g/mol. The summed E-state index contributed by atoms with van der Waals surface area (Å²) in [5.41, 5.74) is 1.05. The standard InChI is InChI=1S/C32H36N2O9/c1-21(35)33-25-9-5-7-23-11-13-27(41-19-39-17-15-37-3)31(29(23)25)43-32-28(42-20-40-18-16-38-4)14-12-24-8-6-10-26(30(24)32)34-22(2)36/h5-14H,15-20H2,1-4H3,(H,33,35)(H,34,36). The maximum Gasteiger partial charge on any atom is 0.221 e. The van der Waals surface area contributed by atoms with Crippen LogP contribution in [0.25, 0.3) is 21.5 Å². The van der Waals surface area contributed by atoms with Crippen LogP contribution in [0, 0.1) is 0 Å². The van der Waals surface area contributed by atoms with Crippen molar-refractivity contribution < 1.29 is 42.7 Å². The molecule has 0 aliphatic carbocycles. The molecule has 4 rings (SSSR count). The molecule has 228 valence electrons. The summed E-state index contributed by atoms with van der Waals surface area (Å²) in [7, 11) is 3.18. The summed E-state index contributed by atoms with van der Waals surface area (Å²) in [6.45, 7) is 4.21. The number of benzene rings is 4. The van der Waals surface area contributed by atoms with Crippen molar-refractivity contribution >= 4 is 44.7 Å². The first-order chi connectivity index (χ1) is 20.9. The summed E-state index contributed by atoms with van der Waals surface area (Å²) < 4.78 is 40.0. The molecular weight excluding hydrogens is 556 g/mol. The first kappa shape index (κ1) is 31.5. The van der Waals surface area contributed by atoms with Gasteiger partial charge in [0.25, 0.3) is 0 Å². The molecule has 11 heteroatoms. The quantitative estimate of drug-likeness (QED) is 0.125. The van der Waals surface area contributed by atoms with Crippen molar-refractivity contribution in [2.75, 3.05) is 64.9 Å². The van der Waals surface area contributed by atoms with Gasteiger partial charge in [-0.15, -0.1) is 0 Å². The average molecular weight is 593 g/mol. The fraction of sp³-hybridized carbons (Fsp3) is 0.312. The van der Waals surface area contributed by atoms with Crippen LogP contribution in [0.1, 0.15) is 13.8 Å². The van der Waals surface area contributed by atoms with Crippen molar-refractivity contribution in [2.24, 2.45) is 0 Å². The minimum atomic E-state index is -0.247. The highest BCUT2D eigenvalue weighted by Crippen LogP contribution is 2.48. The largest absolute Gasteiger partial charge is 0.464 e. The number of anilines is 2. The van der Waals surface area contributed by atoms with Crippen molar-refractivity contribution in [3.05, 3.63) is 60.7 Å². The van der Waals surface area contributed by atoms with Crippen LogP contribution in [0.3, 0.4) is 0 Å². The third kappa shape index (κ3) is 8.33. The van der Waals surface area contributed by atoms with Crippen LogP contribution < -0.4 is 24.8 Å². The Labute approximate surface area is 249 Å². The lowest BCUT2D eigenvalue weighted by Gasteiger charge is -2.21. The second kappa shape index (κ2) is 15.7. The second-order valence-corrected chi connectivity index (χ2v) is 9.38. The minimum absolute atomic E-state index is 0.0725. The van der Waals surface area contributed by atoms with E-state index in [0.29, 0.717) is 71.6 Å². The molecule has 0 radical (unpaired) electrons. The van der Waals surface area contributed by atoms with Gasteiger partial charge in [0.1, 0.15) is 0 Å².